The number of amides is 1. The average molecular weight is 368 g/mol. The molecule has 0 bridgehead atoms. The molecule has 0 spiro atoms. The molecule has 2 unspecified atom stereocenters. The smallest absolute Gasteiger partial charge is 0.254 e. The molecule has 120 valence electrons. The molecule has 2 heterocycles. The van der Waals surface area contributed by atoms with Crippen molar-refractivity contribution >= 4 is 40.9 Å². The standard InChI is InChI=1S/C16H15Cl2N3OS/c17-14-13-11(5-6-20-13)23-16(14,18)15(22)21-10-7-8-3-1-2-4-9(8)12(10)19/h1-6,10,12,14,20H,7,19H2,(H,21,22)/t10-,12+,14?,16?/m1/s1. The Kier molecular flexibility index (Phi) is 3.65. The van der Waals surface area contributed by atoms with Gasteiger partial charge in [-0.15, -0.1) is 11.6 Å². The van der Waals surface area contributed by atoms with Crippen molar-refractivity contribution in [2.24, 2.45) is 5.73 Å². The number of aromatic nitrogens is 1. The molecule has 2 aliphatic rings. The van der Waals surface area contributed by atoms with Crippen LogP contribution >= 0.6 is 35.0 Å². The van der Waals surface area contributed by atoms with E-state index in [4.69, 9.17) is 28.9 Å². The third-order valence-corrected chi connectivity index (χ3v) is 7.19. The summed E-state index contributed by atoms with van der Waals surface area (Å²) in [5, 5.41) is 2.39. The summed E-state index contributed by atoms with van der Waals surface area (Å²) in [4.78, 5) is 16.7. The van der Waals surface area contributed by atoms with Crippen LogP contribution in [0, 0.1) is 0 Å². The first-order chi connectivity index (χ1) is 11.0. The van der Waals surface area contributed by atoms with E-state index in [1.165, 1.54) is 17.3 Å². The molecule has 1 amide bonds. The molecular weight excluding hydrogens is 353 g/mol. The van der Waals surface area contributed by atoms with Gasteiger partial charge in [-0.1, -0.05) is 47.6 Å². The topological polar surface area (TPSA) is 70.9 Å². The van der Waals surface area contributed by atoms with E-state index < -0.39 is 9.58 Å². The first kappa shape index (κ1) is 15.4. The highest BCUT2D eigenvalue weighted by molar-refractivity contribution is 8.03. The lowest BCUT2D eigenvalue weighted by atomic mass is 10.1. The van der Waals surface area contributed by atoms with Crippen LogP contribution in [0.4, 0.5) is 0 Å². The zero-order chi connectivity index (χ0) is 16.2. The first-order valence-electron chi connectivity index (χ1n) is 7.34. The molecule has 4 N–H and O–H groups in total. The maximum atomic E-state index is 12.8. The number of thioether (sulfide) groups is 1. The van der Waals surface area contributed by atoms with Crippen LogP contribution in [0.1, 0.15) is 28.2 Å². The number of nitrogens with two attached hydrogens (primary N) is 1. The van der Waals surface area contributed by atoms with E-state index in [0.717, 1.165) is 16.2 Å². The van der Waals surface area contributed by atoms with Crippen molar-refractivity contribution in [2.75, 3.05) is 0 Å². The number of carbonyl (C=O) groups is 1. The van der Waals surface area contributed by atoms with Crippen molar-refractivity contribution in [3.8, 4) is 0 Å². The third-order valence-electron chi connectivity index (χ3n) is 4.49. The minimum atomic E-state index is -1.25. The van der Waals surface area contributed by atoms with Gasteiger partial charge >= 0.3 is 0 Å². The fourth-order valence-electron chi connectivity index (χ4n) is 3.25. The van der Waals surface area contributed by atoms with E-state index in [2.05, 4.69) is 10.3 Å². The molecule has 0 saturated heterocycles. The fraction of sp³-hybridized carbons (Fsp3) is 0.312. The van der Waals surface area contributed by atoms with Crippen molar-refractivity contribution < 1.29 is 4.79 Å². The van der Waals surface area contributed by atoms with E-state index >= 15 is 0 Å². The van der Waals surface area contributed by atoms with Crippen LogP contribution < -0.4 is 11.1 Å². The maximum absolute atomic E-state index is 12.8. The van der Waals surface area contributed by atoms with Crippen molar-refractivity contribution in [2.45, 2.75) is 33.0 Å². The van der Waals surface area contributed by atoms with Crippen LogP contribution in [0.3, 0.4) is 0 Å². The molecule has 1 aromatic carbocycles. The molecule has 0 radical (unpaired) electrons. The van der Waals surface area contributed by atoms with Gasteiger partial charge in [0.25, 0.3) is 5.91 Å². The second-order valence-corrected chi connectivity index (χ2v) is 8.42. The van der Waals surface area contributed by atoms with Crippen LogP contribution in [0.15, 0.2) is 41.4 Å². The minimum absolute atomic E-state index is 0.168. The fourth-order valence-corrected chi connectivity index (χ4v) is 5.25. The lowest BCUT2D eigenvalue weighted by Gasteiger charge is -2.27. The van der Waals surface area contributed by atoms with Gasteiger partial charge in [0, 0.05) is 11.1 Å². The monoisotopic (exact) mass is 367 g/mol. The van der Waals surface area contributed by atoms with Gasteiger partial charge in [-0.3, -0.25) is 4.79 Å². The SMILES string of the molecule is N[C@H]1c2ccccc2C[C@H]1NC(=O)C1(Cl)Sc2cc[nH]c2C1Cl. The lowest BCUT2D eigenvalue weighted by molar-refractivity contribution is -0.122. The highest BCUT2D eigenvalue weighted by Gasteiger charge is 2.52. The Hall–Kier alpha value is -1.14. The number of alkyl halides is 2. The Balaban J connectivity index is 1.53. The van der Waals surface area contributed by atoms with E-state index in [1.54, 1.807) is 6.20 Å². The predicted octanol–water partition coefficient (Wildman–Crippen LogP) is 3.08. The molecule has 1 aliphatic carbocycles. The molecule has 1 aliphatic heterocycles. The maximum Gasteiger partial charge on any atom is 0.254 e. The molecule has 4 rings (SSSR count). The van der Waals surface area contributed by atoms with Gasteiger partial charge in [0.1, 0.15) is 5.38 Å². The van der Waals surface area contributed by atoms with Crippen molar-refractivity contribution in [1.82, 2.24) is 10.3 Å². The molecule has 0 fully saturated rings. The Morgan fingerprint density at radius 2 is 2.17 bits per heavy atom. The van der Waals surface area contributed by atoms with Crippen LogP contribution in [-0.4, -0.2) is 21.1 Å². The van der Waals surface area contributed by atoms with Gasteiger partial charge in [-0.25, -0.2) is 0 Å². The number of nitrogens with one attached hydrogen (secondary N) is 2. The minimum Gasteiger partial charge on any atom is -0.363 e. The van der Waals surface area contributed by atoms with Crippen LogP contribution in [-0.2, 0) is 11.2 Å². The normalized spacial score (nSPS) is 31.7. The molecule has 4 nitrogen and oxygen atoms in total. The summed E-state index contributed by atoms with van der Waals surface area (Å²) < 4.78 is -1.25. The van der Waals surface area contributed by atoms with Crippen LogP contribution in [0.5, 0.6) is 0 Å². The van der Waals surface area contributed by atoms with Crippen molar-refractivity contribution in [1.29, 1.82) is 0 Å². The number of H-pyrrole nitrogens is 1. The highest BCUT2D eigenvalue weighted by Crippen LogP contribution is 2.57. The number of hydrogen-bond donors (Lipinski definition) is 3. The van der Waals surface area contributed by atoms with Crippen LogP contribution in [0.2, 0.25) is 0 Å². The molecule has 0 saturated carbocycles. The van der Waals surface area contributed by atoms with E-state index in [-0.39, 0.29) is 18.0 Å². The van der Waals surface area contributed by atoms with E-state index in [0.29, 0.717) is 6.42 Å². The van der Waals surface area contributed by atoms with Gasteiger partial charge in [0.2, 0.25) is 0 Å². The number of rotatable bonds is 2. The van der Waals surface area contributed by atoms with Crippen molar-refractivity contribution in [3.63, 3.8) is 0 Å². The zero-order valence-corrected chi connectivity index (χ0v) is 14.4. The summed E-state index contributed by atoms with van der Waals surface area (Å²) in [6.45, 7) is 0. The number of hydrogen-bond acceptors (Lipinski definition) is 3. The van der Waals surface area contributed by atoms with E-state index in [9.17, 15) is 4.79 Å². The summed E-state index contributed by atoms with van der Waals surface area (Å²) in [6, 6.07) is 9.46. The molecule has 1 aromatic heterocycles. The largest absolute Gasteiger partial charge is 0.363 e. The summed E-state index contributed by atoms with van der Waals surface area (Å²) >= 11 is 14.3. The Labute approximate surface area is 148 Å². The zero-order valence-electron chi connectivity index (χ0n) is 12.1. The summed E-state index contributed by atoms with van der Waals surface area (Å²) in [7, 11) is 0. The third kappa shape index (κ3) is 2.30. The Bertz CT molecular complexity index is 780. The summed E-state index contributed by atoms with van der Waals surface area (Å²) in [5.41, 5.74) is 9.31. The molecule has 4 atom stereocenters. The van der Waals surface area contributed by atoms with Gasteiger partial charge in [0.15, 0.2) is 4.21 Å². The van der Waals surface area contributed by atoms with Gasteiger partial charge in [-0.05, 0) is 23.6 Å². The first-order valence-corrected chi connectivity index (χ1v) is 8.97. The van der Waals surface area contributed by atoms with Gasteiger partial charge < -0.3 is 16.0 Å². The van der Waals surface area contributed by atoms with Crippen LogP contribution in [0.25, 0.3) is 0 Å². The number of aromatic amines is 1. The molecule has 23 heavy (non-hydrogen) atoms. The highest BCUT2D eigenvalue weighted by atomic mass is 35.5. The number of halogens is 2. The number of benzene rings is 1. The molecular formula is C16H15Cl2N3OS. The molecule has 7 heteroatoms. The molecule has 2 aromatic rings. The predicted molar refractivity (Wildman–Crippen MR) is 92.8 cm³/mol. The van der Waals surface area contributed by atoms with E-state index in [1.807, 2.05) is 30.3 Å². The van der Waals surface area contributed by atoms with Gasteiger partial charge in [0.05, 0.1) is 17.8 Å². The quantitative estimate of drug-likeness (QED) is 0.714. The number of carbonyl (C=O) groups excluding carboxylic acids is 1. The average Bonchev–Trinajstić information content (AvgIpc) is 3.18. The summed E-state index contributed by atoms with van der Waals surface area (Å²) in [5.74, 6) is -0.290. The number of fused-ring (bicyclic) bond motifs is 2. The van der Waals surface area contributed by atoms with Gasteiger partial charge in [-0.2, -0.15) is 0 Å². The summed E-state index contributed by atoms with van der Waals surface area (Å²) in [6.07, 6.45) is 2.50. The Morgan fingerprint density at radius 3 is 2.91 bits per heavy atom. The lowest BCUT2D eigenvalue weighted by Crippen LogP contribution is -2.48. The second kappa shape index (κ2) is 5.45. The van der Waals surface area contributed by atoms with Crippen molar-refractivity contribution in [3.05, 3.63) is 53.3 Å². The Morgan fingerprint density at radius 1 is 1.39 bits per heavy atom. The second-order valence-electron chi connectivity index (χ2n) is 5.87.